The maximum Gasteiger partial charge on any atom is 0.416 e. The number of pyridine rings is 1. The standard InChI is InChI=1S/C27H35N3O4/c1-27(2,3)34-26(32)30(22-12-7-8-13-22)24-16-15-21(18-28-24)23-14-9-17-29(23)25(31)33-19-20-10-5-4-6-11-20/h4-6,10-11,15-16,18,22-23H,7-9,12-14,17,19H2,1-3H3/t23-/m0/s1. The molecule has 7 nitrogen and oxygen atoms in total. The molecule has 2 aliphatic rings. The quantitative estimate of drug-likeness (QED) is 0.523. The summed E-state index contributed by atoms with van der Waals surface area (Å²) in [5.41, 5.74) is 1.35. The number of benzene rings is 1. The Hall–Kier alpha value is -3.09. The Morgan fingerprint density at radius 1 is 1.03 bits per heavy atom. The topological polar surface area (TPSA) is 72.0 Å². The second kappa shape index (κ2) is 10.5. The summed E-state index contributed by atoms with van der Waals surface area (Å²) < 4.78 is 11.3. The third kappa shape index (κ3) is 5.88. The zero-order chi connectivity index (χ0) is 24.1. The van der Waals surface area contributed by atoms with Gasteiger partial charge in [-0.25, -0.2) is 14.6 Å². The second-order valence-corrected chi connectivity index (χ2v) is 10.1. The average Bonchev–Trinajstić information content (AvgIpc) is 3.50. The van der Waals surface area contributed by atoms with E-state index in [1.54, 1.807) is 16.0 Å². The van der Waals surface area contributed by atoms with Crippen LogP contribution in [0.1, 0.15) is 76.5 Å². The molecule has 34 heavy (non-hydrogen) atoms. The fourth-order valence-corrected chi connectivity index (χ4v) is 4.77. The molecule has 7 heteroatoms. The van der Waals surface area contributed by atoms with Gasteiger partial charge in [-0.05, 0) is 63.6 Å². The number of rotatable bonds is 5. The molecule has 1 atom stereocenters. The second-order valence-electron chi connectivity index (χ2n) is 10.1. The molecule has 0 radical (unpaired) electrons. The Kier molecular flexibility index (Phi) is 7.39. The average molecular weight is 466 g/mol. The molecule has 1 saturated heterocycles. The van der Waals surface area contributed by atoms with Crippen molar-refractivity contribution < 1.29 is 19.1 Å². The smallest absolute Gasteiger partial charge is 0.416 e. The number of carbonyl (C=O) groups excluding carboxylic acids is 2. The molecule has 4 rings (SSSR count). The van der Waals surface area contributed by atoms with E-state index < -0.39 is 5.60 Å². The number of aromatic nitrogens is 1. The minimum Gasteiger partial charge on any atom is -0.445 e. The van der Waals surface area contributed by atoms with Gasteiger partial charge in [-0.15, -0.1) is 0 Å². The van der Waals surface area contributed by atoms with E-state index in [0.717, 1.165) is 49.7 Å². The van der Waals surface area contributed by atoms with Crippen molar-refractivity contribution in [2.75, 3.05) is 11.4 Å². The fraction of sp³-hybridized carbons (Fsp3) is 0.519. The van der Waals surface area contributed by atoms with Crippen molar-refractivity contribution in [2.45, 2.75) is 83.6 Å². The zero-order valence-corrected chi connectivity index (χ0v) is 20.4. The molecule has 0 N–H and O–H groups in total. The maximum absolute atomic E-state index is 13.0. The summed E-state index contributed by atoms with van der Waals surface area (Å²) in [6, 6.07) is 13.6. The molecule has 2 fully saturated rings. The lowest BCUT2D eigenvalue weighted by atomic mass is 10.1. The lowest BCUT2D eigenvalue weighted by molar-refractivity contribution is 0.0564. The van der Waals surface area contributed by atoms with Gasteiger partial charge in [-0.3, -0.25) is 4.90 Å². The molecule has 1 aliphatic heterocycles. The van der Waals surface area contributed by atoms with Crippen molar-refractivity contribution >= 4 is 18.0 Å². The van der Waals surface area contributed by atoms with Gasteiger partial charge in [0.25, 0.3) is 0 Å². The van der Waals surface area contributed by atoms with Gasteiger partial charge < -0.3 is 14.4 Å². The van der Waals surface area contributed by atoms with Gasteiger partial charge in [0.1, 0.15) is 18.0 Å². The number of hydrogen-bond donors (Lipinski definition) is 0. The number of likely N-dealkylation sites (tertiary alicyclic amines) is 1. The maximum atomic E-state index is 13.0. The normalized spacial score (nSPS) is 18.7. The van der Waals surface area contributed by atoms with E-state index in [0.29, 0.717) is 12.4 Å². The molecular formula is C27H35N3O4. The predicted octanol–water partition coefficient (Wildman–Crippen LogP) is 6.24. The van der Waals surface area contributed by atoms with E-state index in [4.69, 9.17) is 9.47 Å². The van der Waals surface area contributed by atoms with Crippen LogP contribution in [0.5, 0.6) is 0 Å². The van der Waals surface area contributed by atoms with Crippen LogP contribution in [0, 0.1) is 0 Å². The monoisotopic (exact) mass is 465 g/mol. The summed E-state index contributed by atoms with van der Waals surface area (Å²) >= 11 is 0. The van der Waals surface area contributed by atoms with E-state index in [1.807, 2.05) is 63.2 Å². The summed E-state index contributed by atoms with van der Waals surface area (Å²) in [7, 11) is 0. The van der Waals surface area contributed by atoms with Crippen LogP contribution in [0.3, 0.4) is 0 Å². The molecular weight excluding hydrogens is 430 g/mol. The van der Waals surface area contributed by atoms with E-state index in [2.05, 4.69) is 4.98 Å². The first kappa shape index (κ1) is 24.0. The van der Waals surface area contributed by atoms with Crippen molar-refractivity contribution in [1.29, 1.82) is 0 Å². The summed E-state index contributed by atoms with van der Waals surface area (Å²) in [6.07, 6.45) is 7.00. The molecule has 0 spiro atoms. The van der Waals surface area contributed by atoms with Crippen LogP contribution in [0.4, 0.5) is 15.4 Å². The molecule has 1 saturated carbocycles. The highest BCUT2D eigenvalue weighted by Crippen LogP contribution is 2.34. The third-order valence-corrected chi connectivity index (χ3v) is 6.37. The summed E-state index contributed by atoms with van der Waals surface area (Å²) in [5.74, 6) is 0.598. The number of ether oxygens (including phenoxy) is 2. The van der Waals surface area contributed by atoms with Crippen molar-refractivity contribution in [3.05, 3.63) is 59.8 Å². The molecule has 0 unspecified atom stereocenters. The Labute approximate surface area is 202 Å². The van der Waals surface area contributed by atoms with Crippen LogP contribution in [0.2, 0.25) is 0 Å². The van der Waals surface area contributed by atoms with E-state index in [-0.39, 0.29) is 30.9 Å². The van der Waals surface area contributed by atoms with Gasteiger partial charge in [-0.2, -0.15) is 0 Å². The molecule has 2 heterocycles. The lowest BCUT2D eigenvalue weighted by Crippen LogP contribution is -2.43. The molecule has 1 aromatic carbocycles. The highest BCUT2D eigenvalue weighted by atomic mass is 16.6. The number of anilines is 1. The molecule has 182 valence electrons. The predicted molar refractivity (Wildman–Crippen MR) is 131 cm³/mol. The number of amides is 2. The van der Waals surface area contributed by atoms with Gasteiger partial charge in [-0.1, -0.05) is 49.2 Å². The SMILES string of the molecule is CC(C)(C)OC(=O)N(c1ccc([C@@H]2CCCN2C(=O)OCc2ccccc2)cn1)C1CCCC1. The van der Waals surface area contributed by atoms with Gasteiger partial charge >= 0.3 is 12.2 Å². The Balaban J connectivity index is 1.46. The highest BCUT2D eigenvalue weighted by Gasteiger charge is 2.34. The minimum absolute atomic E-state index is 0.0775. The van der Waals surface area contributed by atoms with Crippen LogP contribution in [-0.4, -0.2) is 40.3 Å². The first-order chi connectivity index (χ1) is 16.3. The van der Waals surface area contributed by atoms with Crippen molar-refractivity contribution in [2.24, 2.45) is 0 Å². The number of carbonyl (C=O) groups is 2. The van der Waals surface area contributed by atoms with Gasteiger partial charge in [0.05, 0.1) is 6.04 Å². The first-order valence-corrected chi connectivity index (χ1v) is 12.3. The summed E-state index contributed by atoms with van der Waals surface area (Å²) in [4.78, 5) is 33.9. The largest absolute Gasteiger partial charge is 0.445 e. The van der Waals surface area contributed by atoms with Crippen molar-refractivity contribution in [1.82, 2.24) is 9.88 Å². The van der Waals surface area contributed by atoms with Crippen LogP contribution in [-0.2, 0) is 16.1 Å². The van der Waals surface area contributed by atoms with Gasteiger partial charge in [0.15, 0.2) is 0 Å². The molecule has 1 aliphatic carbocycles. The number of hydrogen-bond acceptors (Lipinski definition) is 5. The van der Waals surface area contributed by atoms with Gasteiger partial charge in [0.2, 0.25) is 0 Å². The van der Waals surface area contributed by atoms with E-state index in [9.17, 15) is 9.59 Å². The summed E-state index contributed by atoms with van der Waals surface area (Å²) in [6.45, 7) is 6.54. The van der Waals surface area contributed by atoms with Crippen LogP contribution in [0.15, 0.2) is 48.7 Å². The van der Waals surface area contributed by atoms with Crippen molar-refractivity contribution in [3.63, 3.8) is 0 Å². The van der Waals surface area contributed by atoms with Crippen LogP contribution < -0.4 is 4.90 Å². The Morgan fingerprint density at radius 3 is 2.41 bits per heavy atom. The van der Waals surface area contributed by atoms with Crippen LogP contribution >= 0.6 is 0 Å². The first-order valence-electron chi connectivity index (χ1n) is 12.3. The summed E-state index contributed by atoms with van der Waals surface area (Å²) in [5, 5.41) is 0. The van der Waals surface area contributed by atoms with E-state index in [1.165, 1.54) is 0 Å². The zero-order valence-electron chi connectivity index (χ0n) is 20.4. The molecule has 0 bridgehead atoms. The van der Waals surface area contributed by atoms with Gasteiger partial charge in [0, 0.05) is 18.8 Å². The fourth-order valence-electron chi connectivity index (χ4n) is 4.77. The van der Waals surface area contributed by atoms with Crippen LogP contribution in [0.25, 0.3) is 0 Å². The molecule has 2 amide bonds. The number of nitrogens with zero attached hydrogens (tertiary/aromatic N) is 3. The minimum atomic E-state index is -0.571. The molecule has 1 aromatic heterocycles. The molecule has 2 aromatic rings. The van der Waals surface area contributed by atoms with Crippen molar-refractivity contribution in [3.8, 4) is 0 Å². The Bertz CT molecular complexity index is 966. The Morgan fingerprint density at radius 2 is 1.76 bits per heavy atom. The lowest BCUT2D eigenvalue weighted by Gasteiger charge is -2.31. The third-order valence-electron chi connectivity index (χ3n) is 6.37. The highest BCUT2D eigenvalue weighted by molar-refractivity contribution is 5.87. The van der Waals surface area contributed by atoms with E-state index >= 15 is 0 Å².